The van der Waals surface area contributed by atoms with Crippen molar-refractivity contribution in [3.05, 3.63) is 70.0 Å². The van der Waals surface area contributed by atoms with Crippen LogP contribution in [0.4, 0.5) is 4.39 Å². The van der Waals surface area contributed by atoms with Gasteiger partial charge in [0.05, 0.1) is 11.8 Å². The van der Waals surface area contributed by atoms with Gasteiger partial charge in [0.1, 0.15) is 11.9 Å². The van der Waals surface area contributed by atoms with Crippen LogP contribution in [-0.4, -0.2) is 16.9 Å². The first-order valence-corrected chi connectivity index (χ1v) is 7.13. The molecule has 0 amide bonds. The van der Waals surface area contributed by atoms with Gasteiger partial charge in [0.25, 0.3) is 0 Å². The Morgan fingerprint density at radius 1 is 1.43 bits per heavy atom. The number of rotatable bonds is 3. The Morgan fingerprint density at radius 3 is 2.83 bits per heavy atom. The van der Waals surface area contributed by atoms with Gasteiger partial charge in [-0.2, -0.15) is 0 Å². The van der Waals surface area contributed by atoms with Crippen LogP contribution in [0, 0.1) is 5.82 Å². The van der Waals surface area contributed by atoms with Gasteiger partial charge in [-0.1, -0.05) is 17.7 Å². The van der Waals surface area contributed by atoms with E-state index in [4.69, 9.17) is 16.0 Å². The van der Waals surface area contributed by atoms with Crippen molar-refractivity contribution in [2.24, 2.45) is 4.99 Å². The third-order valence-corrected chi connectivity index (χ3v) is 3.81. The molecule has 23 heavy (non-hydrogen) atoms. The summed E-state index contributed by atoms with van der Waals surface area (Å²) in [4.78, 5) is 16.0. The van der Waals surface area contributed by atoms with E-state index in [1.807, 2.05) is 0 Å². The van der Waals surface area contributed by atoms with Gasteiger partial charge in [-0.05, 0) is 31.2 Å². The summed E-state index contributed by atoms with van der Waals surface area (Å²) in [5.41, 5.74) is 0.883. The highest BCUT2D eigenvalue weighted by Gasteiger charge is 2.31. The molecule has 0 radical (unpaired) electrons. The van der Waals surface area contributed by atoms with E-state index in [9.17, 15) is 14.3 Å². The number of allylic oxidation sites excluding steroid dienone is 1. The molecule has 1 atom stereocenters. The number of furan rings is 1. The number of hydrogen-bond donors (Lipinski definition) is 2. The lowest BCUT2D eigenvalue weighted by Gasteiger charge is -2.24. The second-order valence-electron chi connectivity index (χ2n) is 4.99. The van der Waals surface area contributed by atoms with Gasteiger partial charge >= 0.3 is 5.97 Å². The smallest absolute Gasteiger partial charge is 0.335 e. The standard InChI is InChI=1S/C16H12ClFN2O3/c1-8-13(16(21)22)14(10-5-4-9(18)7-11(10)17)20-15(19-8)12-3-2-6-23-12/h2-7,14H,1H3,(H,19,20)(H,21,22). The van der Waals surface area contributed by atoms with Crippen LogP contribution in [0.25, 0.3) is 0 Å². The number of carboxylic acids is 1. The fraction of sp³-hybridized carbons (Fsp3) is 0.125. The Hall–Kier alpha value is -2.60. The number of nitrogens with zero attached hydrogens (tertiary/aromatic N) is 1. The minimum atomic E-state index is -1.12. The van der Waals surface area contributed by atoms with Crippen molar-refractivity contribution < 1.29 is 18.7 Å². The summed E-state index contributed by atoms with van der Waals surface area (Å²) in [5.74, 6) is -0.761. The highest BCUT2D eigenvalue weighted by molar-refractivity contribution is 6.31. The minimum Gasteiger partial charge on any atom is -0.478 e. The van der Waals surface area contributed by atoms with Gasteiger partial charge in [0, 0.05) is 16.3 Å². The van der Waals surface area contributed by atoms with Crippen molar-refractivity contribution in [1.82, 2.24) is 5.32 Å². The molecule has 1 unspecified atom stereocenters. The molecule has 0 spiro atoms. The maximum atomic E-state index is 13.3. The first kappa shape index (κ1) is 15.3. The summed E-state index contributed by atoms with van der Waals surface area (Å²) in [7, 11) is 0. The molecular formula is C16H12ClFN2O3. The van der Waals surface area contributed by atoms with E-state index in [1.165, 1.54) is 18.4 Å². The van der Waals surface area contributed by atoms with Gasteiger partial charge in [0.15, 0.2) is 11.6 Å². The molecule has 0 aliphatic carbocycles. The van der Waals surface area contributed by atoms with E-state index in [2.05, 4.69) is 10.3 Å². The molecule has 7 heteroatoms. The number of carbonyl (C=O) groups is 1. The molecule has 1 aliphatic rings. The Balaban J connectivity index is 2.14. The lowest BCUT2D eigenvalue weighted by molar-refractivity contribution is -0.133. The molecule has 0 saturated carbocycles. The number of hydrogen-bond acceptors (Lipinski definition) is 4. The maximum absolute atomic E-state index is 13.3. The van der Waals surface area contributed by atoms with Crippen molar-refractivity contribution in [3.8, 4) is 0 Å². The van der Waals surface area contributed by atoms with Crippen molar-refractivity contribution in [3.63, 3.8) is 0 Å². The molecule has 2 N–H and O–H groups in total. The molecular weight excluding hydrogens is 323 g/mol. The van der Waals surface area contributed by atoms with Crippen LogP contribution in [0.5, 0.6) is 0 Å². The van der Waals surface area contributed by atoms with Crippen LogP contribution in [0.3, 0.4) is 0 Å². The van der Waals surface area contributed by atoms with E-state index < -0.39 is 17.8 Å². The normalized spacial score (nSPS) is 17.7. The molecule has 2 heterocycles. The number of aliphatic carboxylic acids is 1. The predicted octanol–water partition coefficient (Wildman–Crippen LogP) is 3.52. The van der Waals surface area contributed by atoms with E-state index in [0.717, 1.165) is 6.07 Å². The first-order valence-electron chi connectivity index (χ1n) is 6.75. The quantitative estimate of drug-likeness (QED) is 0.900. The summed E-state index contributed by atoms with van der Waals surface area (Å²) in [5, 5.41) is 12.5. The molecule has 1 aliphatic heterocycles. The average Bonchev–Trinajstić information content (AvgIpc) is 3.00. The van der Waals surface area contributed by atoms with Crippen LogP contribution >= 0.6 is 11.6 Å². The third kappa shape index (κ3) is 2.85. The zero-order valence-corrected chi connectivity index (χ0v) is 12.8. The molecule has 2 aromatic rings. The summed E-state index contributed by atoms with van der Waals surface area (Å²) in [6.45, 7) is 1.63. The van der Waals surface area contributed by atoms with Crippen LogP contribution in [-0.2, 0) is 4.79 Å². The fourth-order valence-corrected chi connectivity index (χ4v) is 2.71. The molecule has 1 aromatic carbocycles. The Labute approximate surface area is 136 Å². The van der Waals surface area contributed by atoms with E-state index >= 15 is 0 Å². The van der Waals surface area contributed by atoms with E-state index in [1.54, 1.807) is 19.1 Å². The lowest BCUT2D eigenvalue weighted by atomic mass is 9.96. The summed E-state index contributed by atoms with van der Waals surface area (Å²) in [6, 6.07) is 6.34. The second kappa shape index (κ2) is 5.89. The molecule has 3 rings (SSSR count). The summed E-state index contributed by atoms with van der Waals surface area (Å²) < 4.78 is 18.6. The fourth-order valence-electron chi connectivity index (χ4n) is 2.44. The van der Waals surface area contributed by atoms with Crippen LogP contribution in [0.2, 0.25) is 5.02 Å². The first-order chi connectivity index (χ1) is 11.0. The molecule has 0 fully saturated rings. The Kier molecular flexibility index (Phi) is 3.92. The summed E-state index contributed by atoms with van der Waals surface area (Å²) >= 11 is 6.08. The molecule has 1 aromatic heterocycles. The number of nitrogens with one attached hydrogen (secondary N) is 1. The molecule has 118 valence electrons. The number of benzene rings is 1. The number of amidine groups is 1. The van der Waals surface area contributed by atoms with Crippen LogP contribution < -0.4 is 5.32 Å². The Bertz CT molecular complexity index is 828. The molecule has 5 nitrogen and oxygen atoms in total. The van der Waals surface area contributed by atoms with Crippen LogP contribution in [0.1, 0.15) is 24.3 Å². The van der Waals surface area contributed by atoms with Crippen molar-refractivity contribution in [2.75, 3.05) is 0 Å². The molecule has 0 bridgehead atoms. The van der Waals surface area contributed by atoms with Crippen molar-refractivity contribution in [1.29, 1.82) is 0 Å². The van der Waals surface area contributed by atoms with Gasteiger partial charge in [-0.15, -0.1) is 0 Å². The van der Waals surface area contributed by atoms with E-state index in [0.29, 0.717) is 22.9 Å². The monoisotopic (exact) mass is 334 g/mol. The zero-order valence-electron chi connectivity index (χ0n) is 12.0. The largest absolute Gasteiger partial charge is 0.478 e. The third-order valence-electron chi connectivity index (χ3n) is 3.48. The predicted molar refractivity (Wildman–Crippen MR) is 82.9 cm³/mol. The zero-order chi connectivity index (χ0) is 16.6. The van der Waals surface area contributed by atoms with Gasteiger partial charge in [-0.3, -0.25) is 4.99 Å². The topological polar surface area (TPSA) is 74.8 Å². The summed E-state index contributed by atoms with van der Waals surface area (Å²) in [6.07, 6.45) is 1.49. The highest BCUT2D eigenvalue weighted by Crippen LogP contribution is 2.35. The average molecular weight is 335 g/mol. The Morgan fingerprint density at radius 2 is 2.22 bits per heavy atom. The minimum absolute atomic E-state index is 0.0498. The van der Waals surface area contributed by atoms with Gasteiger partial charge < -0.3 is 14.8 Å². The van der Waals surface area contributed by atoms with Crippen molar-refractivity contribution in [2.45, 2.75) is 13.0 Å². The maximum Gasteiger partial charge on any atom is 0.335 e. The number of carboxylic acid groups (broad SMARTS) is 1. The van der Waals surface area contributed by atoms with Gasteiger partial charge in [-0.25, -0.2) is 9.18 Å². The lowest BCUT2D eigenvalue weighted by Crippen LogP contribution is -2.32. The van der Waals surface area contributed by atoms with Gasteiger partial charge in [0.2, 0.25) is 0 Å². The highest BCUT2D eigenvalue weighted by atomic mass is 35.5. The SMILES string of the molecule is CC1=C(C(=O)O)C(c2ccc(F)cc2Cl)N=C(c2ccco2)N1. The molecule has 0 saturated heterocycles. The van der Waals surface area contributed by atoms with Crippen LogP contribution in [0.15, 0.2) is 57.3 Å². The number of halogens is 2. The van der Waals surface area contributed by atoms with E-state index in [-0.39, 0.29) is 10.6 Å². The number of aliphatic imine (C=N–C) groups is 1. The second-order valence-corrected chi connectivity index (χ2v) is 5.40. The van der Waals surface area contributed by atoms with Crippen molar-refractivity contribution >= 4 is 23.4 Å².